The Labute approximate surface area is 159 Å². The van der Waals surface area contributed by atoms with E-state index in [0.29, 0.717) is 5.65 Å². The Bertz CT molecular complexity index is 851. The molecule has 0 unspecified atom stereocenters. The molecule has 2 rings (SSSR count). The predicted octanol–water partition coefficient (Wildman–Crippen LogP) is 3.91. The third-order valence-corrected chi connectivity index (χ3v) is 6.17. The van der Waals surface area contributed by atoms with Crippen molar-refractivity contribution in [3.8, 4) is 0 Å². The van der Waals surface area contributed by atoms with Gasteiger partial charge in [-0.3, -0.25) is 0 Å². The topological polar surface area (TPSA) is 95.9 Å². The summed E-state index contributed by atoms with van der Waals surface area (Å²) in [6.07, 6.45) is -13.6. The number of hydrogen-bond acceptors (Lipinski definition) is 6. The van der Waals surface area contributed by atoms with E-state index in [2.05, 4.69) is 15.0 Å². The highest BCUT2D eigenvalue weighted by Gasteiger charge is 2.46. The SMILES string of the molecule is Nc1nc(Cl)c2ncn(CCCOCP(=O)(CC(F)(F)F)CC(F)(F)F)c2n1. The maximum Gasteiger partial charge on any atom is 0.395 e. The molecule has 0 spiro atoms. The lowest BCUT2D eigenvalue weighted by atomic mass is 10.4. The van der Waals surface area contributed by atoms with E-state index in [0.717, 1.165) is 0 Å². The number of nitrogens with two attached hydrogens (primary N) is 1. The molecule has 2 N–H and O–H groups in total. The first-order chi connectivity index (χ1) is 12.8. The molecule has 2 aromatic heterocycles. The number of hydrogen-bond donors (Lipinski definition) is 1. The van der Waals surface area contributed by atoms with Crippen LogP contribution in [0.15, 0.2) is 6.33 Å². The van der Waals surface area contributed by atoms with E-state index >= 15 is 0 Å². The number of aromatic nitrogens is 4. The normalized spacial score (nSPS) is 13.4. The summed E-state index contributed by atoms with van der Waals surface area (Å²) >= 11 is 5.87. The molecule has 0 fully saturated rings. The van der Waals surface area contributed by atoms with Crippen LogP contribution in [0.2, 0.25) is 5.15 Å². The molecular weight excluding hydrogens is 439 g/mol. The third-order valence-electron chi connectivity index (χ3n) is 3.39. The number of aryl methyl sites for hydroxylation is 1. The van der Waals surface area contributed by atoms with Gasteiger partial charge in [-0.2, -0.15) is 36.3 Å². The average molecular weight is 454 g/mol. The van der Waals surface area contributed by atoms with Gasteiger partial charge in [0.2, 0.25) is 5.95 Å². The molecule has 0 aliphatic heterocycles. The van der Waals surface area contributed by atoms with Crippen molar-refractivity contribution in [1.29, 1.82) is 0 Å². The van der Waals surface area contributed by atoms with Crippen molar-refractivity contribution in [2.24, 2.45) is 0 Å². The molecule has 0 aliphatic rings. The lowest BCUT2D eigenvalue weighted by Crippen LogP contribution is -2.24. The summed E-state index contributed by atoms with van der Waals surface area (Å²) < 4.78 is 93.2. The van der Waals surface area contributed by atoms with Gasteiger partial charge in [0.25, 0.3) is 0 Å². The molecule has 0 aliphatic carbocycles. The van der Waals surface area contributed by atoms with Crippen molar-refractivity contribution in [2.45, 2.75) is 25.3 Å². The van der Waals surface area contributed by atoms with Crippen LogP contribution in [0.5, 0.6) is 0 Å². The minimum absolute atomic E-state index is 0.0396. The number of ether oxygens (including phenoxy) is 1. The molecule has 2 aromatic rings. The second-order valence-corrected chi connectivity index (χ2v) is 9.34. The van der Waals surface area contributed by atoms with Crippen molar-refractivity contribution in [3.63, 3.8) is 0 Å². The zero-order valence-corrected chi connectivity index (χ0v) is 15.7. The van der Waals surface area contributed by atoms with Crippen molar-refractivity contribution in [2.75, 3.05) is 31.0 Å². The summed E-state index contributed by atoms with van der Waals surface area (Å²) in [6, 6.07) is 0. The van der Waals surface area contributed by atoms with E-state index in [1.165, 1.54) is 10.9 Å². The zero-order chi connectivity index (χ0) is 21.2. The third kappa shape index (κ3) is 6.78. The van der Waals surface area contributed by atoms with Crippen LogP contribution >= 0.6 is 18.7 Å². The van der Waals surface area contributed by atoms with Crippen LogP contribution in [0.1, 0.15) is 6.42 Å². The fourth-order valence-corrected chi connectivity index (χ4v) is 4.74. The van der Waals surface area contributed by atoms with Crippen LogP contribution in [0.25, 0.3) is 11.2 Å². The first kappa shape index (κ1) is 22.7. The van der Waals surface area contributed by atoms with Crippen LogP contribution in [0, 0.1) is 0 Å². The van der Waals surface area contributed by atoms with Gasteiger partial charge in [-0.05, 0) is 6.42 Å². The summed E-state index contributed by atoms with van der Waals surface area (Å²) in [5.41, 5.74) is 6.10. The Morgan fingerprint density at radius 1 is 1.14 bits per heavy atom. The number of alkyl halides is 6. The number of fused-ring (bicyclic) bond motifs is 1. The van der Waals surface area contributed by atoms with E-state index in [1.54, 1.807) is 0 Å². The fourth-order valence-electron chi connectivity index (χ4n) is 2.46. The summed E-state index contributed by atoms with van der Waals surface area (Å²) in [6.45, 7) is -0.000197. The molecule has 158 valence electrons. The van der Waals surface area contributed by atoms with Gasteiger partial charge in [0, 0.05) is 13.2 Å². The van der Waals surface area contributed by atoms with Gasteiger partial charge in [-0.1, -0.05) is 11.6 Å². The molecule has 2 heterocycles. The highest BCUT2D eigenvalue weighted by Crippen LogP contribution is 2.53. The predicted molar refractivity (Wildman–Crippen MR) is 89.6 cm³/mol. The number of nitrogen functional groups attached to an aromatic ring is 1. The molecule has 15 heteroatoms. The number of imidazole rings is 1. The molecule has 0 atom stereocenters. The highest BCUT2D eigenvalue weighted by atomic mass is 35.5. The lowest BCUT2D eigenvalue weighted by Gasteiger charge is -2.21. The Morgan fingerprint density at radius 2 is 1.75 bits per heavy atom. The van der Waals surface area contributed by atoms with Crippen LogP contribution in [0.3, 0.4) is 0 Å². The van der Waals surface area contributed by atoms with E-state index in [9.17, 15) is 30.9 Å². The van der Waals surface area contributed by atoms with Crippen LogP contribution in [-0.2, 0) is 15.8 Å². The monoisotopic (exact) mass is 453 g/mol. The van der Waals surface area contributed by atoms with E-state index in [-0.39, 0.29) is 36.2 Å². The standard InChI is InChI=1S/C13H15ClF6N5O2P/c14-9-8-10(24-11(21)23-9)25(6-22-8)2-1-3-27-7-28(26,4-12(15,16)17)5-13(18,19)20/h6H,1-5,7H2,(H2,21,23,24). The van der Waals surface area contributed by atoms with Gasteiger partial charge < -0.3 is 19.6 Å². The molecule has 0 aromatic carbocycles. The fraction of sp³-hybridized carbons (Fsp3) is 0.615. The summed E-state index contributed by atoms with van der Waals surface area (Å²) in [7, 11) is -4.66. The molecule has 7 nitrogen and oxygen atoms in total. The maximum absolute atomic E-state index is 12.5. The molecule has 0 bridgehead atoms. The number of nitrogens with zero attached hydrogens (tertiary/aromatic N) is 4. The quantitative estimate of drug-likeness (QED) is 0.282. The van der Waals surface area contributed by atoms with E-state index in [4.69, 9.17) is 22.1 Å². The lowest BCUT2D eigenvalue weighted by molar-refractivity contribution is -0.113. The summed E-state index contributed by atoms with van der Waals surface area (Å²) in [5, 5.41) is 0.0396. The largest absolute Gasteiger partial charge is 0.395 e. The average Bonchev–Trinajstić information content (AvgIpc) is 2.86. The molecule has 0 saturated carbocycles. The Hall–Kier alpha value is -1.59. The van der Waals surface area contributed by atoms with Crippen LogP contribution in [0.4, 0.5) is 32.3 Å². The molecule has 0 radical (unpaired) electrons. The number of halogens is 7. The number of rotatable bonds is 8. The molecular formula is C13H15ClF6N5O2P. The van der Waals surface area contributed by atoms with Gasteiger partial charge in [0.1, 0.15) is 19.0 Å². The van der Waals surface area contributed by atoms with Gasteiger partial charge in [0.05, 0.1) is 18.7 Å². The molecule has 0 amide bonds. The van der Waals surface area contributed by atoms with Gasteiger partial charge in [-0.15, -0.1) is 0 Å². The zero-order valence-electron chi connectivity index (χ0n) is 14.1. The van der Waals surface area contributed by atoms with Crippen LogP contribution < -0.4 is 5.73 Å². The Kier molecular flexibility index (Phi) is 6.82. The van der Waals surface area contributed by atoms with Crippen molar-refractivity contribution < 1.29 is 35.6 Å². The van der Waals surface area contributed by atoms with Gasteiger partial charge >= 0.3 is 12.4 Å². The smallest absolute Gasteiger partial charge is 0.374 e. The summed E-state index contributed by atoms with van der Waals surface area (Å²) in [4.78, 5) is 11.7. The highest BCUT2D eigenvalue weighted by molar-refractivity contribution is 7.63. The van der Waals surface area contributed by atoms with Crippen molar-refractivity contribution >= 4 is 35.9 Å². The molecule has 28 heavy (non-hydrogen) atoms. The minimum Gasteiger partial charge on any atom is -0.374 e. The van der Waals surface area contributed by atoms with Gasteiger partial charge in [-0.25, -0.2) is 4.98 Å². The first-order valence-electron chi connectivity index (χ1n) is 7.70. The van der Waals surface area contributed by atoms with Crippen molar-refractivity contribution in [1.82, 2.24) is 19.5 Å². The second-order valence-electron chi connectivity index (χ2n) is 5.98. The van der Waals surface area contributed by atoms with Crippen LogP contribution in [-0.4, -0.2) is 57.2 Å². The summed E-state index contributed by atoms with van der Waals surface area (Å²) in [5.74, 6) is -0.0873. The Morgan fingerprint density at radius 3 is 2.32 bits per heavy atom. The minimum atomic E-state index is -4.99. The second kappa shape index (κ2) is 8.42. The molecule has 0 saturated heterocycles. The van der Waals surface area contributed by atoms with E-state index < -0.39 is 38.2 Å². The Balaban J connectivity index is 1.92. The van der Waals surface area contributed by atoms with Crippen molar-refractivity contribution in [3.05, 3.63) is 11.5 Å². The van der Waals surface area contributed by atoms with Gasteiger partial charge in [0.15, 0.2) is 10.8 Å². The first-order valence-corrected chi connectivity index (χ1v) is 10.3. The number of anilines is 1. The van der Waals surface area contributed by atoms with E-state index in [1.807, 2.05) is 0 Å². The maximum atomic E-state index is 12.5.